The topological polar surface area (TPSA) is 12.9 Å². The second-order valence-electron chi connectivity index (χ2n) is 14.1. The SMILES string of the molecule is CCCCCCCCCCCCCCCCCc1cc(CCC)cc(CCCCCCCCCCCCCCCCC)n1. The quantitative estimate of drug-likeness (QED) is 0.0720. The van der Waals surface area contributed by atoms with Crippen molar-refractivity contribution in [3.8, 4) is 0 Å². The van der Waals surface area contributed by atoms with Crippen molar-refractivity contribution in [2.75, 3.05) is 0 Å². The van der Waals surface area contributed by atoms with Crippen LogP contribution in [0.2, 0.25) is 0 Å². The van der Waals surface area contributed by atoms with Crippen LogP contribution in [0.5, 0.6) is 0 Å². The molecule has 0 aliphatic rings. The van der Waals surface area contributed by atoms with E-state index in [0.29, 0.717) is 0 Å². The summed E-state index contributed by atoms with van der Waals surface area (Å²) in [6, 6.07) is 4.84. The summed E-state index contributed by atoms with van der Waals surface area (Å²) in [6.45, 7) is 6.92. The molecule has 252 valence electrons. The fourth-order valence-corrected chi connectivity index (χ4v) is 6.76. The molecule has 1 rings (SSSR count). The molecule has 0 saturated carbocycles. The van der Waals surface area contributed by atoms with Gasteiger partial charge in [0.2, 0.25) is 0 Å². The van der Waals surface area contributed by atoms with Gasteiger partial charge in [0.05, 0.1) is 0 Å². The molecule has 43 heavy (non-hydrogen) atoms. The molecule has 0 radical (unpaired) electrons. The van der Waals surface area contributed by atoms with E-state index in [9.17, 15) is 0 Å². The van der Waals surface area contributed by atoms with E-state index in [1.165, 1.54) is 235 Å². The molecule has 0 fully saturated rings. The predicted molar refractivity (Wildman–Crippen MR) is 195 cm³/mol. The van der Waals surface area contributed by atoms with E-state index < -0.39 is 0 Å². The van der Waals surface area contributed by atoms with Crippen molar-refractivity contribution >= 4 is 0 Å². The van der Waals surface area contributed by atoms with E-state index in [4.69, 9.17) is 4.98 Å². The van der Waals surface area contributed by atoms with Crippen molar-refractivity contribution in [3.05, 3.63) is 29.1 Å². The Morgan fingerprint density at radius 2 is 0.558 bits per heavy atom. The van der Waals surface area contributed by atoms with Gasteiger partial charge in [0, 0.05) is 11.4 Å². The van der Waals surface area contributed by atoms with Crippen LogP contribution in [0.15, 0.2) is 12.1 Å². The number of unbranched alkanes of at least 4 members (excludes halogenated alkanes) is 28. The van der Waals surface area contributed by atoms with Gasteiger partial charge in [-0.05, 0) is 49.8 Å². The zero-order valence-electron chi connectivity index (χ0n) is 30.1. The summed E-state index contributed by atoms with van der Waals surface area (Å²) < 4.78 is 0. The van der Waals surface area contributed by atoms with Crippen molar-refractivity contribution in [3.63, 3.8) is 0 Å². The van der Waals surface area contributed by atoms with Crippen molar-refractivity contribution < 1.29 is 0 Å². The number of nitrogens with zero attached hydrogens (tertiary/aromatic N) is 1. The summed E-state index contributed by atoms with van der Waals surface area (Å²) in [4.78, 5) is 5.12. The van der Waals surface area contributed by atoms with Crippen molar-refractivity contribution in [1.29, 1.82) is 0 Å². The van der Waals surface area contributed by atoms with Gasteiger partial charge in [-0.25, -0.2) is 0 Å². The highest BCUT2D eigenvalue weighted by atomic mass is 14.7. The van der Waals surface area contributed by atoms with Crippen LogP contribution in [0, 0.1) is 0 Å². The van der Waals surface area contributed by atoms with E-state index in [-0.39, 0.29) is 0 Å². The smallest absolute Gasteiger partial charge is 0.0409 e. The number of pyridine rings is 1. The molecule has 0 aromatic carbocycles. The third kappa shape index (κ3) is 27.2. The van der Waals surface area contributed by atoms with Crippen LogP contribution in [0.1, 0.15) is 237 Å². The summed E-state index contributed by atoms with van der Waals surface area (Å²) >= 11 is 0. The molecule has 1 heteroatoms. The zero-order valence-corrected chi connectivity index (χ0v) is 30.1. The minimum atomic E-state index is 1.18. The third-order valence-electron chi connectivity index (χ3n) is 9.60. The number of hydrogen-bond donors (Lipinski definition) is 0. The first-order valence-corrected chi connectivity index (χ1v) is 20.3. The molecule has 0 N–H and O–H groups in total. The Bertz CT molecular complexity index is 627. The van der Waals surface area contributed by atoms with Crippen LogP contribution < -0.4 is 0 Å². The molecule has 0 aliphatic heterocycles. The average molecular weight is 598 g/mol. The molecule has 0 saturated heterocycles. The van der Waals surface area contributed by atoms with Gasteiger partial charge >= 0.3 is 0 Å². The average Bonchev–Trinajstić information content (AvgIpc) is 3.01. The van der Waals surface area contributed by atoms with E-state index in [2.05, 4.69) is 32.9 Å². The molecule has 1 aromatic heterocycles. The summed E-state index contributed by atoms with van der Waals surface area (Å²) in [5.74, 6) is 0. The Kier molecular flexibility index (Phi) is 30.4. The minimum Gasteiger partial charge on any atom is -0.258 e. The summed E-state index contributed by atoms with van der Waals surface area (Å²) in [5.41, 5.74) is 4.28. The highest BCUT2D eigenvalue weighted by molar-refractivity contribution is 5.22. The Morgan fingerprint density at radius 3 is 0.814 bits per heavy atom. The van der Waals surface area contributed by atoms with E-state index >= 15 is 0 Å². The van der Waals surface area contributed by atoms with Gasteiger partial charge in [-0.15, -0.1) is 0 Å². The molecule has 0 aliphatic carbocycles. The lowest BCUT2D eigenvalue weighted by Gasteiger charge is -2.09. The first-order chi connectivity index (χ1) is 21.3. The molecule has 0 bridgehead atoms. The van der Waals surface area contributed by atoms with Gasteiger partial charge in [0.15, 0.2) is 0 Å². The second-order valence-corrected chi connectivity index (χ2v) is 14.1. The van der Waals surface area contributed by atoms with Gasteiger partial charge in [0.1, 0.15) is 0 Å². The molecule has 1 aromatic rings. The van der Waals surface area contributed by atoms with Crippen LogP contribution in [0.25, 0.3) is 0 Å². The largest absolute Gasteiger partial charge is 0.258 e. The van der Waals surface area contributed by atoms with Crippen LogP contribution in [-0.2, 0) is 19.3 Å². The van der Waals surface area contributed by atoms with Gasteiger partial charge in [-0.3, -0.25) is 4.98 Å². The lowest BCUT2D eigenvalue weighted by molar-refractivity contribution is 0.531. The van der Waals surface area contributed by atoms with Gasteiger partial charge in [-0.2, -0.15) is 0 Å². The maximum absolute atomic E-state index is 5.12. The molecule has 1 nitrogen and oxygen atoms in total. The molecular weight excluding hydrogens is 518 g/mol. The van der Waals surface area contributed by atoms with Crippen molar-refractivity contribution in [1.82, 2.24) is 4.98 Å². The molecular formula is C42H79N. The standard InChI is InChI=1S/C42H79N/c1-4-7-9-11-13-15-17-19-21-23-25-27-29-31-33-36-41-38-40(35-6-3)39-42(43-41)37-34-32-30-28-26-24-22-20-18-16-14-12-10-8-5-2/h38-39H,4-37H2,1-3H3. The monoisotopic (exact) mass is 598 g/mol. The lowest BCUT2D eigenvalue weighted by atomic mass is 10.0. The Morgan fingerprint density at radius 1 is 0.302 bits per heavy atom. The third-order valence-corrected chi connectivity index (χ3v) is 9.60. The summed E-state index contributed by atoms with van der Waals surface area (Å²) in [7, 11) is 0. The highest BCUT2D eigenvalue weighted by Crippen LogP contribution is 2.18. The van der Waals surface area contributed by atoms with Gasteiger partial charge < -0.3 is 0 Å². The fraction of sp³-hybridized carbons (Fsp3) is 0.881. The lowest BCUT2D eigenvalue weighted by Crippen LogP contribution is -2.00. The summed E-state index contributed by atoms with van der Waals surface area (Å²) in [6.07, 6.45) is 47.8. The van der Waals surface area contributed by atoms with E-state index in [1.807, 2.05) is 0 Å². The van der Waals surface area contributed by atoms with Crippen LogP contribution >= 0.6 is 0 Å². The zero-order chi connectivity index (χ0) is 30.9. The molecule has 0 atom stereocenters. The second kappa shape index (κ2) is 32.5. The van der Waals surface area contributed by atoms with E-state index in [0.717, 1.165) is 0 Å². The fourth-order valence-electron chi connectivity index (χ4n) is 6.76. The molecule has 0 amide bonds. The first-order valence-electron chi connectivity index (χ1n) is 20.3. The van der Waals surface area contributed by atoms with Crippen LogP contribution in [0.3, 0.4) is 0 Å². The van der Waals surface area contributed by atoms with Crippen molar-refractivity contribution in [2.45, 2.75) is 239 Å². The molecule has 0 spiro atoms. The number of aromatic nitrogens is 1. The van der Waals surface area contributed by atoms with Gasteiger partial charge in [0.25, 0.3) is 0 Å². The molecule has 1 heterocycles. The van der Waals surface area contributed by atoms with Gasteiger partial charge in [-0.1, -0.05) is 207 Å². The van der Waals surface area contributed by atoms with E-state index in [1.54, 1.807) is 0 Å². The summed E-state index contributed by atoms with van der Waals surface area (Å²) in [5, 5.41) is 0. The molecule has 0 unspecified atom stereocenters. The van der Waals surface area contributed by atoms with Crippen LogP contribution in [-0.4, -0.2) is 4.98 Å². The van der Waals surface area contributed by atoms with Crippen molar-refractivity contribution in [2.24, 2.45) is 0 Å². The Labute approximate surface area is 272 Å². The maximum Gasteiger partial charge on any atom is 0.0409 e. The van der Waals surface area contributed by atoms with Crippen LogP contribution in [0.4, 0.5) is 0 Å². The number of hydrogen-bond acceptors (Lipinski definition) is 1. The number of aryl methyl sites for hydroxylation is 3. The highest BCUT2D eigenvalue weighted by Gasteiger charge is 2.04. The number of rotatable bonds is 34. The normalized spacial score (nSPS) is 11.5. The Balaban J connectivity index is 2.04. The predicted octanol–water partition coefficient (Wildman–Crippen LogP) is 14.9. The Hall–Kier alpha value is -0.850. The maximum atomic E-state index is 5.12. The first kappa shape index (κ1) is 40.2. The minimum absolute atomic E-state index is 1.18.